The highest BCUT2D eigenvalue weighted by atomic mass is 35.5. The third-order valence-electron chi connectivity index (χ3n) is 1.68. The summed E-state index contributed by atoms with van der Waals surface area (Å²) in [5.41, 5.74) is 1.10. The van der Waals surface area contributed by atoms with E-state index in [-0.39, 0.29) is 12.4 Å². The minimum atomic E-state index is -0.327. The van der Waals surface area contributed by atoms with E-state index in [0.29, 0.717) is 16.1 Å². The lowest BCUT2D eigenvalue weighted by molar-refractivity contribution is 0.343. The van der Waals surface area contributed by atoms with Gasteiger partial charge in [-0.25, -0.2) is 4.39 Å². The second-order valence-electron chi connectivity index (χ2n) is 2.71. The van der Waals surface area contributed by atoms with Crippen LogP contribution in [0.2, 0.25) is 5.02 Å². The summed E-state index contributed by atoms with van der Waals surface area (Å²) in [6.07, 6.45) is 2.96. The van der Waals surface area contributed by atoms with E-state index in [1.165, 1.54) is 18.2 Å². The number of aliphatic hydroxyl groups excluding tert-OH is 1. The van der Waals surface area contributed by atoms with Crippen molar-refractivity contribution in [3.8, 4) is 0 Å². The zero-order valence-electron chi connectivity index (χ0n) is 7.22. The standard InChI is InChI=1S/C10H10ClFO/c1-7-5-10(12)8(3-2-4-13)6-9(7)11/h2-3,5-6,13H,4H2,1H3. The summed E-state index contributed by atoms with van der Waals surface area (Å²) in [4.78, 5) is 0. The molecule has 0 fully saturated rings. The van der Waals surface area contributed by atoms with E-state index in [9.17, 15) is 4.39 Å². The highest BCUT2D eigenvalue weighted by Crippen LogP contribution is 2.20. The zero-order chi connectivity index (χ0) is 9.84. The van der Waals surface area contributed by atoms with Crippen molar-refractivity contribution in [3.05, 3.63) is 40.2 Å². The van der Waals surface area contributed by atoms with Crippen LogP contribution in [0.15, 0.2) is 18.2 Å². The lowest BCUT2D eigenvalue weighted by Gasteiger charge is -2.01. The smallest absolute Gasteiger partial charge is 0.130 e. The maximum absolute atomic E-state index is 13.2. The van der Waals surface area contributed by atoms with E-state index in [4.69, 9.17) is 16.7 Å². The normalized spacial score (nSPS) is 11.1. The van der Waals surface area contributed by atoms with Gasteiger partial charge in [-0.2, -0.15) is 0 Å². The maximum Gasteiger partial charge on any atom is 0.130 e. The summed E-state index contributed by atoms with van der Waals surface area (Å²) < 4.78 is 13.2. The van der Waals surface area contributed by atoms with E-state index in [2.05, 4.69) is 0 Å². The third kappa shape index (κ3) is 2.54. The largest absolute Gasteiger partial charge is 0.392 e. The molecule has 0 bridgehead atoms. The van der Waals surface area contributed by atoms with Crippen molar-refractivity contribution in [1.82, 2.24) is 0 Å². The Bertz CT molecular complexity index is 334. The Kier molecular flexibility index (Phi) is 3.46. The fourth-order valence-electron chi connectivity index (χ4n) is 0.969. The number of benzene rings is 1. The molecule has 1 N–H and O–H groups in total. The molecule has 70 valence electrons. The maximum atomic E-state index is 13.2. The molecule has 0 radical (unpaired) electrons. The molecule has 1 nitrogen and oxygen atoms in total. The molecule has 1 aromatic rings. The van der Waals surface area contributed by atoms with Crippen LogP contribution in [0.3, 0.4) is 0 Å². The van der Waals surface area contributed by atoms with Crippen LogP contribution >= 0.6 is 11.6 Å². The zero-order valence-corrected chi connectivity index (χ0v) is 7.98. The van der Waals surface area contributed by atoms with Gasteiger partial charge in [0.15, 0.2) is 0 Å². The van der Waals surface area contributed by atoms with Crippen molar-refractivity contribution in [2.45, 2.75) is 6.92 Å². The predicted octanol–water partition coefficient (Wildman–Crippen LogP) is 2.79. The van der Waals surface area contributed by atoms with Gasteiger partial charge in [0.1, 0.15) is 5.82 Å². The summed E-state index contributed by atoms with van der Waals surface area (Å²) in [6, 6.07) is 2.91. The van der Waals surface area contributed by atoms with Crippen molar-refractivity contribution in [3.63, 3.8) is 0 Å². The quantitative estimate of drug-likeness (QED) is 0.779. The van der Waals surface area contributed by atoms with E-state index < -0.39 is 0 Å². The molecular weight excluding hydrogens is 191 g/mol. The van der Waals surface area contributed by atoms with Gasteiger partial charge in [0.05, 0.1) is 6.61 Å². The molecule has 0 spiro atoms. The Balaban J connectivity index is 3.08. The molecule has 0 unspecified atom stereocenters. The monoisotopic (exact) mass is 200 g/mol. The Hall–Kier alpha value is -0.860. The van der Waals surface area contributed by atoms with Gasteiger partial charge in [0.25, 0.3) is 0 Å². The van der Waals surface area contributed by atoms with Gasteiger partial charge in [0, 0.05) is 10.6 Å². The van der Waals surface area contributed by atoms with Gasteiger partial charge in [-0.05, 0) is 24.6 Å². The van der Waals surface area contributed by atoms with Crippen molar-refractivity contribution in [2.24, 2.45) is 0 Å². The van der Waals surface area contributed by atoms with Crippen LogP contribution < -0.4 is 0 Å². The second kappa shape index (κ2) is 4.40. The highest BCUT2D eigenvalue weighted by Gasteiger charge is 2.02. The van der Waals surface area contributed by atoms with Crippen LogP contribution in [0.25, 0.3) is 6.08 Å². The molecule has 1 rings (SSSR count). The Morgan fingerprint density at radius 2 is 2.23 bits per heavy atom. The molecule has 0 saturated heterocycles. The van der Waals surface area contributed by atoms with Crippen LogP contribution in [-0.4, -0.2) is 11.7 Å². The van der Waals surface area contributed by atoms with Gasteiger partial charge in [-0.1, -0.05) is 23.8 Å². The average Bonchev–Trinajstić information content (AvgIpc) is 2.09. The van der Waals surface area contributed by atoms with Crippen LogP contribution in [0.1, 0.15) is 11.1 Å². The van der Waals surface area contributed by atoms with Crippen molar-refractivity contribution >= 4 is 17.7 Å². The molecule has 0 aliphatic heterocycles. The van der Waals surface area contributed by atoms with Crippen LogP contribution in [0.4, 0.5) is 4.39 Å². The van der Waals surface area contributed by atoms with Gasteiger partial charge in [0.2, 0.25) is 0 Å². The lowest BCUT2D eigenvalue weighted by Crippen LogP contribution is -1.85. The van der Waals surface area contributed by atoms with Gasteiger partial charge >= 0.3 is 0 Å². The molecule has 13 heavy (non-hydrogen) atoms. The molecule has 3 heteroatoms. The molecule has 0 heterocycles. The molecule has 0 aromatic heterocycles. The Morgan fingerprint density at radius 3 is 2.85 bits per heavy atom. The Morgan fingerprint density at radius 1 is 1.54 bits per heavy atom. The van der Waals surface area contributed by atoms with Crippen molar-refractivity contribution in [2.75, 3.05) is 6.61 Å². The van der Waals surface area contributed by atoms with Gasteiger partial charge in [-0.15, -0.1) is 0 Å². The minimum Gasteiger partial charge on any atom is -0.392 e. The Labute approximate surface area is 81.5 Å². The van der Waals surface area contributed by atoms with Gasteiger partial charge in [-0.3, -0.25) is 0 Å². The number of hydrogen-bond donors (Lipinski definition) is 1. The third-order valence-corrected chi connectivity index (χ3v) is 2.09. The average molecular weight is 201 g/mol. The van der Waals surface area contributed by atoms with E-state index in [1.54, 1.807) is 13.0 Å². The topological polar surface area (TPSA) is 20.2 Å². The molecule has 0 atom stereocenters. The predicted molar refractivity (Wildman–Crippen MR) is 52.3 cm³/mol. The first-order chi connectivity index (χ1) is 6.15. The molecule has 0 amide bonds. The van der Waals surface area contributed by atoms with Crippen LogP contribution in [-0.2, 0) is 0 Å². The molecule has 1 aromatic carbocycles. The van der Waals surface area contributed by atoms with Crippen LogP contribution in [0.5, 0.6) is 0 Å². The van der Waals surface area contributed by atoms with Crippen LogP contribution in [0, 0.1) is 12.7 Å². The van der Waals surface area contributed by atoms with Crippen molar-refractivity contribution in [1.29, 1.82) is 0 Å². The van der Waals surface area contributed by atoms with E-state index >= 15 is 0 Å². The second-order valence-corrected chi connectivity index (χ2v) is 3.12. The first-order valence-electron chi connectivity index (χ1n) is 3.88. The number of rotatable bonds is 2. The first-order valence-corrected chi connectivity index (χ1v) is 4.26. The van der Waals surface area contributed by atoms with Crippen molar-refractivity contribution < 1.29 is 9.50 Å². The first kappa shape index (κ1) is 10.2. The number of aryl methyl sites for hydroxylation is 1. The number of hydrogen-bond acceptors (Lipinski definition) is 1. The van der Waals surface area contributed by atoms with E-state index in [0.717, 1.165) is 0 Å². The molecule has 0 aliphatic carbocycles. The summed E-state index contributed by atoms with van der Waals surface area (Å²) in [5, 5.41) is 9.03. The molecule has 0 saturated carbocycles. The molecule has 0 aliphatic rings. The molecular formula is C10H10ClFO. The minimum absolute atomic E-state index is 0.106. The number of halogens is 2. The summed E-state index contributed by atoms with van der Waals surface area (Å²) >= 11 is 5.80. The van der Waals surface area contributed by atoms with E-state index in [1.807, 2.05) is 0 Å². The highest BCUT2D eigenvalue weighted by molar-refractivity contribution is 6.31. The SMILES string of the molecule is Cc1cc(F)c(C=CCO)cc1Cl. The number of aliphatic hydroxyl groups is 1. The summed E-state index contributed by atoms with van der Waals surface area (Å²) in [5.74, 6) is -0.327. The summed E-state index contributed by atoms with van der Waals surface area (Å²) in [6.45, 7) is 1.63. The fraction of sp³-hybridized carbons (Fsp3) is 0.200. The fourth-order valence-corrected chi connectivity index (χ4v) is 1.14. The van der Waals surface area contributed by atoms with Gasteiger partial charge < -0.3 is 5.11 Å². The summed E-state index contributed by atoms with van der Waals surface area (Å²) in [7, 11) is 0. The lowest BCUT2D eigenvalue weighted by atomic mass is 10.1.